The quantitative estimate of drug-likeness (QED) is 0.373. The van der Waals surface area contributed by atoms with E-state index in [2.05, 4.69) is 20.5 Å². The molecule has 4 rings (SSSR count). The number of nitrogens with zero attached hydrogens (tertiary/aromatic N) is 4. The van der Waals surface area contributed by atoms with Crippen LogP contribution in [0.15, 0.2) is 78.1 Å². The summed E-state index contributed by atoms with van der Waals surface area (Å²) in [4.78, 5) is 16.8. The zero-order valence-corrected chi connectivity index (χ0v) is 18.6. The molecule has 32 heavy (non-hydrogen) atoms. The van der Waals surface area contributed by atoms with Crippen molar-refractivity contribution in [2.24, 2.45) is 0 Å². The first kappa shape index (κ1) is 22.0. The van der Waals surface area contributed by atoms with Crippen molar-refractivity contribution in [1.29, 1.82) is 0 Å². The predicted molar refractivity (Wildman–Crippen MR) is 124 cm³/mol. The molecule has 0 aliphatic rings. The van der Waals surface area contributed by atoms with Crippen LogP contribution in [0, 0.1) is 5.82 Å². The number of hydrogen-bond acceptors (Lipinski definition) is 5. The van der Waals surface area contributed by atoms with Gasteiger partial charge in [0.15, 0.2) is 11.0 Å². The van der Waals surface area contributed by atoms with E-state index in [-0.39, 0.29) is 11.7 Å². The number of hydrogen-bond donors (Lipinski definition) is 1. The Labute approximate surface area is 193 Å². The minimum absolute atomic E-state index is 0.220. The first-order chi connectivity index (χ1) is 15.5. The van der Waals surface area contributed by atoms with Crippen molar-refractivity contribution in [3.8, 4) is 11.4 Å². The van der Waals surface area contributed by atoms with Gasteiger partial charge in [0.2, 0.25) is 5.91 Å². The minimum Gasteiger partial charge on any atom is -0.310 e. The SMILES string of the molecule is CC(Sc1nnc(-c2ccc(F)cc2)n1Cc1ccccc1)C(=O)Nc1ccc(Cl)cn1. The lowest BCUT2D eigenvalue weighted by Gasteiger charge is -2.14. The van der Waals surface area contributed by atoms with Gasteiger partial charge in [0, 0.05) is 11.8 Å². The Morgan fingerprint density at radius 3 is 2.53 bits per heavy atom. The van der Waals surface area contributed by atoms with Crippen molar-refractivity contribution in [2.75, 3.05) is 5.32 Å². The number of anilines is 1. The van der Waals surface area contributed by atoms with E-state index in [1.807, 2.05) is 34.9 Å². The predicted octanol–water partition coefficient (Wildman–Crippen LogP) is 5.30. The van der Waals surface area contributed by atoms with Crippen LogP contribution in [0.3, 0.4) is 0 Å². The molecule has 1 amide bonds. The molecule has 0 bridgehead atoms. The number of nitrogens with one attached hydrogen (secondary N) is 1. The van der Waals surface area contributed by atoms with Gasteiger partial charge in [-0.1, -0.05) is 53.7 Å². The zero-order valence-electron chi connectivity index (χ0n) is 17.1. The Morgan fingerprint density at radius 2 is 1.84 bits per heavy atom. The lowest BCUT2D eigenvalue weighted by molar-refractivity contribution is -0.115. The molecule has 2 heterocycles. The number of pyridine rings is 1. The highest BCUT2D eigenvalue weighted by atomic mass is 35.5. The number of carbonyl (C=O) groups excluding carboxylic acids is 1. The fraction of sp³-hybridized carbons (Fsp3) is 0.130. The largest absolute Gasteiger partial charge is 0.310 e. The van der Waals surface area contributed by atoms with Gasteiger partial charge in [0.05, 0.1) is 16.8 Å². The van der Waals surface area contributed by atoms with Gasteiger partial charge in [-0.05, 0) is 48.9 Å². The molecular weight excluding hydrogens is 449 g/mol. The van der Waals surface area contributed by atoms with Crippen LogP contribution in [0.4, 0.5) is 10.2 Å². The molecule has 0 aliphatic carbocycles. The highest BCUT2D eigenvalue weighted by Gasteiger charge is 2.21. The fourth-order valence-electron chi connectivity index (χ4n) is 2.99. The van der Waals surface area contributed by atoms with Gasteiger partial charge in [0.25, 0.3) is 0 Å². The monoisotopic (exact) mass is 467 g/mol. The van der Waals surface area contributed by atoms with Gasteiger partial charge in [-0.25, -0.2) is 9.37 Å². The van der Waals surface area contributed by atoms with Gasteiger partial charge >= 0.3 is 0 Å². The number of halogens is 2. The summed E-state index contributed by atoms with van der Waals surface area (Å²) in [5, 5.41) is 12.0. The minimum atomic E-state index is -0.465. The molecule has 1 N–H and O–H groups in total. The third-order valence-corrected chi connectivity index (χ3v) is 5.94. The fourth-order valence-corrected chi connectivity index (χ4v) is 3.95. The average Bonchev–Trinajstić information content (AvgIpc) is 3.18. The van der Waals surface area contributed by atoms with Crippen LogP contribution in [-0.4, -0.2) is 30.9 Å². The summed E-state index contributed by atoms with van der Waals surface area (Å²) in [6, 6.07) is 19.3. The molecule has 0 radical (unpaired) electrons. The number of thioether (sulfide) groups is 1. The molecule has 0 fully saturated rings. The van der Waals surface area contributed by atoms with Crippen LogP contribution < -0.4 is 5.32 Å². The van der Waals surface area contributed by atoms with Crippen LogP contribution in [0.2, 0.25) is 5.02 Å². The summed E-state index contributed by atoms with van der Waals surface area (Å²) in [6.07, 6.45) is 1.47. The van der Waals surface area contributed by atoms with Crippen LogP contribution >= 0.6 is 23.4 Å². The first-order valence-corrected chi connectivity index (χ1v) is 11.1. The van der Waals surface area contributed by atoms with Crippen LogP contribution in [0.1, 0.15) is 12.5 Å². The van der Waals surface area contributed by atoms with E-state index in [4.69, 9.17) is 11.6 Å². The maximum atomic E-state index is 13.4. The number of benzene rings is 2. The normalized spacial score (nSPS) is 11.8. The van der Waals surface area contributed by atoms with E-state index >= 15 is 0 Å². The topological polar surface area (TPSA) is 72.7 Å². The summed E-state index contributed by atoms with van der Waals surface area (Å²) in [5.41, 5.74) is 1.80. The molecule has 4 aromatic rings. The Balaban J connectivity index is 1.58. The average molecular weight is 468 g/mol. The molecule has 1 atom stereocenters. The molecule has 2 aromatic carbocycles. The van der Waals surface area contributed by atoms with E-state index in [1.54, 1.807) is 31.2 Å². The Bertz CT molecular complexity index is 1200. The van der Waals surface area contributed by atoms with Crippen molar-refractivity contribution in [2.45, 2.75) is 23.9 Å². The Morgan fingerprint density at radius 1 is 1.09 bits per heavy atom. The lowest BCUT2D eigenvalue weighted by atomic mass is 10.2. The van der Waals surface area contributed by atoms with Gasteiger partial charge in [0.1, 0.15) is 11.6 Å². The number of amides is 1. The molecule has 162 valence electrons. The second-order valence-corrected chi connectivity index (χ2v) is 8.74. The smallest absolute Gasteiger partial charge is 0.238 e. The molecule has 0 spiro atoms. The first-order valence-electron chi connectivity index (χ1n) is 9.82. The van der Waals surface area contributed by atoms with Crippen molar-refractivity contribution < 1.29 is 9.18 Å². The summed E-state index contributed by atoms with van der Waals surface area (Å²) in [5.74, 6) is 0.480. The molecule has 9 heteroatoms. The van der Waals surface area contributed by atoms with E-state index in [0.717, 1.165) is 11.1 Å². The second kappa shape index (κ2) is 9.93. The van der Waals surface area contributed by atoms with Crippen molar-refractivity contribution in [3.63, 3.8) is 0 Å². The highest BCUT2D eigenvalue weighted by molar-refractivity contribution is 8.00. The third-order valence-electron chi connectivity index (χ3n) is 4.63. The van der Waals surface area contributed by atoms with Crippen molar-refractivity contribution in [3.05, 3.63) is 89.3 Å². The van der Waals surface area contributed by atoms with Gasteiger partial charge < -0.3 is 5.32 Å². The Kier molecular flexibility index (Phi) is 6.82. The maximum absolute atomic E-state index is 13.4. The molecule has 0 aliphatic heterocycles. The van der Waals surface area contributed by atoms with Gasteiger partial charge in [-0.2, -0.15) is 0 Å². The standard InChI is InChI=1S/C23H19ClFN5OS/c1-15(22(31)27-20-12-9-18(24)13-26-20)32-23-29-28-21(17-7-10-19(25)11-8-17)30(23)14-16-5-3-2-4-6-16/h2-13,15H,14H2,1H3,(H,26,27,31). The molecule has 2 aromatic heterocycles. The van der Waals surface area contributed by atoms with Crippen molar-refractivity contribution >= 4 is 35.1 Å². The van der Waals surface area contributed by atoms with E-state index < -0.39 is 5.25 Å². The van der Waals surface area contributed by atoms with Gasteiger partial charge in [-0.3, -0.25) is 9.36 Å². The number of aromatic nitrogens is 4. The second-order valence-electron chi connectivity index (χ2n) is 7.00. The summed E-state index contributed by atoms with van der Waals surface area (Å²) in [6.45, 7) is 2.30. The summed E-state index contributed by atoms with van der Waals surface area (Å²) >= 11 is 7.13. The third kappa shape index (κ3) is 5.33. The van der Waals surface area contributed by atoms with Crippen LogP contribution in [0.5, 0.6) is 0 Å². The van der Waals surface area contributed by atoms with E-state index in [1.165, 1.54) is 30.1 Å². The molecule has 1 unspecified atom stereocenters. The molecular formula is C23H19ClFN5OS. The zero-order chi connectivity index (χ0) is 22.5. The Hall–Kier alpha value is -3.23. The highest BCUT2D eigenvalue weighted by Crippen LogP contribution is 2.28. The van der Waals surface area contributed by atoms with Crippen LogP contribution in [-0.2, 0) is 11.3 Å². The number of rotatable bonds is 7. The lowest BCUT2D eigenvalue weighted by Crippen LogP contribution is -2.23. The van der Waals surface area contributed by atoms with Crippen molar-refractivity contribution in [1.82, 2.24) is 19.7 Å². The van der Waals surface area contributed by atoms with E-state index in [0.29, 0.717) is 28.4 Å². The van der Waals surface area contributed by atoms with Crippen LogP contribution in [0.25, 0.3) is 11.4 Å². The molecule has 0 saturated heterocycles. The van der Waals surface area contributed by atoms with E-state index in [9.17, 15) is 9.18 Å². The summed E-state index contributed by atoms with van der Waals surface area (Å²) < 4.78 is 15.3. The number of carbonyl (C=O) groups is 1. The maximum Gasteiger partial charge on any atom is 0.238 e. The molecule has 0 saturated carbocycles. The molecule has 6 nitrogen and oxygen atoms in total. The van der Waals surface area contributed by atoms with Gasteiger partial charge in [-0.15, -0.1) is 10.2 Å². The summed E-state index contributed by atoms with van der Waals surface area (Å²) in [7, 11) is 0.